The molecule has 2 aliphatic carbocycles. The van der Waals surface area contributed by atoms with E-state index in [1.807, 2.05) is 6.92 Å². The minimum Gasteiger partial charge on any atom is -0.393 e. The summed E-state index contributed by atoms with van der Waals surface area (Å²) in [6, 6.07) is 0. The summed E-state index contributed by atoms with van der Waals surface area (Å²) in [7, 11) is 0. The van der Waals surface area contributed by atoms with E-state index < -0.39 is 5.79 Å². The van der Waals surface area contributed by atoms with Crippen LogP contribution in [0.2, 0.25) is 0 Å². The number of aliphatic hydroxyl groups excluding tert-OH is 1. The molecule has 2 N–H and O–H groups in total. The lowest BCUT2D eigenvalue weighted by Crippen LogP contribution is -2.57. The van der Waals surface area contributed by atoms with Crippen LogP contribution < -0.4 is 0 Å². The molecule has 0 amide bonds. The van der Waals surface area contributed by atoms with Gasteiger partial charge >= 0.3 is 0 Å². The molecule has 6 unspecified atom stereocenters. The van der Waals surface area contributed by atoms with Gasteiger partial charge in [0.1, 0.15) is 0 Å². The van der Waals surface area contributed by atoms with Crippen LogP contribution in [0.5, 0.6) is 0 Å². The Kier molecular flexibility index (Phi) is 2.59. The normalized spacial score (nSPS) is 58.6. The molecule has 3 fully saturated rings. The van der Waals surface area contributed by atoms with Gasteiger partial charge in [-0.15, -0.1) is 0 Å². The Labute approximate surface area is 103 Å². The molecule has 2 saturated carbocycles. The maximum Gasteiger partial charge on any atom is 0.168 e. The van der Waals surface area contributed by atoms with Gasteiger partial charge in [-0.2, -0.15) is 0 Å². The van der Waals surface area contributed by atoms with Gasteiger partial charge in [-0.25, -0.2) is 0 Å². The Morgan fingerprint density at radius 2 is 1.76 bits per heavy atom. The predicted molar refractivity (Wildman–Crippen MR) is 64.3 cm³/mol. The highest BCUT2D eigenvalue weighted by atomic mass is 16.6. The number of rotatable bonds is 0. The fourth-order valence-electron chi connectivity index (χ4n) is 4.60. The summed E-state index contributed by atoms with van der Waals surface area (Å²) in [5.74, 6) is -0.246. The lowest BCUT2D eigenvalue weighted by atomic mass is 9.59. The Morgan fingerprint density at radius 1 is 1.06 bits per heavy atom. The largest absolute Gasteiger partial charge is 0.393 e. The Balaban J connectivity index is 1.89. The van der Waals surface area contributed by atoms with Crippen molar-refractivity contribution in [2.75, 3.05) is 0 Å². The Bertz CT molecular complexity index is 319. The van der Waals surface area contributed by atoms with E-state index in [0.717, 1.165) is 32.1 Å². The van der Waals surface area contributed by atoms with Crippen molar-refractivity contribution < 1.29 is 14.9 Å². The number of ether oxygens (including phenoxy) is 1. The van der Waals surface area contributed by atoms with Crippen LogP contribution in [0.3, 0.4) is 0 Å². The van der Waals surface area contributed by atoms with Crippen LogP contribution in [0, 0.1) is 17.3 Å². The number of aliphatic hydroxyl groups is 2. The van der Waals surface area contributed by atoms with Crippen LogP contribution in [-0.2, 0) is 4.74 Å². The molecule has 0 aromatic rings. The zero-order chi connectivity index (χ0) is 12.3. The Morgan fingerprint density at radius 3 is 2.53 bits per heavy atom. The van der Waals surface area contributed by atoms with Crippen LogP contribution in [0.15, 0.2) is 0 Å². The first kappa shape index (κ1) is 11.9. The van der Waals surface area contributed by atoms with Gasteiger partial charge in [0.15, 0.2) is 5.79 Å². The van der Waals surface area contributed by atoms with Crippen molar-refractivity contribution in [3.8, 4) is 0 Å². The van der Waals surface area contributed by atoms with Gasteiger partial charge < -0.3 is 14.9 Å². The molecule has 0 aromatic heterocycles. The van der Waals surface area contributed by atoms with Crippen molar-refractivity contribution in [1.29, 1.82) is 0 Å². The molecular formula is C14H24O3. The van der Waals surface area contributed by atoms with Crippen molar-refractivity contribution >= 4 is 0 Å². The molecule has 6 atom stereocenters. The first-order chi connectivity index (χ1) is 7.96. The molecule has 17 heavy (non-hydrogen) atoms. The molecule has 3 heteroatoms. The van der Waals surface area contributed by atoms with Gasteiger partial charge in [0, 0.05) is 12.3 Å². The number of fused-ring (bicyclic) bond motifs is 3. The van der Waals surface area contributed by atoms with Crippen molar-refractivity contribution in [2.45, 2.75) is 70.4 Å². The van der Waals surface area contributed by atoms with E-state index >= 15 is 0 Å². The third kappa shape index (κ3) is 1.59. The molecule has 1 saturated heterocycles. The van der Waals surface area contributed by atoms with Crippen molar-refractivity contribution in [2.24, 2.45) is 17.3 Å². The summed E-state index contributed by atoms with van der Waals surface area (Å²) in [4.78, 5) is 0. The van der Waals surface area contributed by atoms with E-state index in [2.05, 4.69) is 6.92 Å². The van der Waals surface area contributed by atoms with Gasteiger partial charge in [0.05, 0.1) is 12.2 Å². The van der Waals surface area contributed by atoms with Gasteiger partial charge in [-0.3, -0.25) is 0 Å². The van der Waals surface area contributed by atoms with Crippen LogP contribution in [0.1, 0.15) is 52.4 Å². The maximum atomic E-state index is 10.7. The second-order valence-corrected chi connectivity index (χ2v) is 6.66. The van der Waals surface area contributed by atoms with Crippen LogP contribution in [0.25, 0.3) is 0 Å². The summed E-state index contributed by atoms with van der Waals surface area (Å²) in [5, 5.41) is 20.9. The standard InChI is InChI=1S/C14H24O3/c1-9-3-4-11-10-5-6-12(15)13(10,2)7-8-14(11,16)17-9/h9-12,15-16H,3-8H2,1-2H3. The second-order valence-electron chi connectivity index (χ2n) is 6.66. The molecule has 1 aliphatic heterocycles. The zero-order valence-corrected chi connectivity index (χ0v) is 10.9. The molecule has 98 valence electrons. The minimum absolute atomic E-state index is 0.0147. The van der Waals surface area contributed by atoms with E-state index in [1.165, 1.54) is 0 Å². The summed E-state index contributed by atoms with van der Waals surface area (Å²) in [5.41, 5.74) is 0.0147. The summed E-state index contributed by atoms with van der Waals surface area (Å²) in [6.07, 6.45) is 5.58. The van der Waals surface area contributed by atoms with E-state index in [1.54, 1.807) is 0 Å². The van der Waals surface area contributed by atoms with E-state index in [9.17, 15) is 10.2 Å². The van der Waals surface area contributed by atoms with Crippen LogP contribution in [0.4, 0.5) is 0 Å². The first-order valence-electron chi connectivity index (χ1n) is 7.04. The highest BCUT2D eigenvalue weighted by Crippen LogP contribution is 2.59. The van der Waals surface area contributed by atoms with Gasteiger partial charge in [-0.05, 0) is 50.4 Å². The van der Waals surface area contributed by atoms with Gasteiger partial charge in [-0.1, -0.05) is 6.92 Å². The van der Waals surface area contributed by atoms with E-state index in [0.29, 0.717) is 12.3 Å². The second kappa shape index (κ2) is 3.69. The molecule has 3 aliphatic rings. The zero-order valence-electron chi connectivity index (χ0n) is 10.9. The fourth-order valence-corrected chi connectivity index (χ4v) is 4.60. The third-order valence-electron chi connectivity index (χ3n) is 5.74. The average Bonchev–Trinajstić information content (AvgIpc) is 2.55. The average molecular weight is 240 g/mol. The van der Waals surface area contributed by atoms with Gasteiger partial charge in [0.2, 0.25) is 0 Å². The summed E-state index contributed by atoms with van der Waals surface area (Å²) >= 11 is 0. The molecule has 3 nitrogen and oxygen atoms in total. The fraction of sp³-hybridized carbons (Fsp3) is 1.00. The molecule has 0 bridgehead atoms. The minimum atomic E-state index is -0.911. The number of hydrogen-bond donors (Lipinski definition) is 2. The van der Waals surface area contributed by atoms with Crippen molar-refractivity contribution in [3.63, 3.8) is 0 Å². The topological polar surface area (TPSA) is 49.7 Å². The monoisotopic (exact) mass is 240 g/mol. The highest BCUT2D eigenvalue weighted by molar-refractivity contribution is 5.06. The maximum absolute atomic E-state index is 10.7. The molecule has 0 spiro atoms. The van der Waals surface area contributed by atoms with Gasteiger partial charge in [0.25, 0.3) is 0 Å². The predicted octanol–water partition coefficient (Wildman–Crippen LogP) is 2.06. The summed E-state index contributed by atoms with van der Waals surface area (Å²) < 4.78 is 5.84. The van der Waals surface area contributed by atoms with E-state index in [4.69, 9.17) is 4.74 Å². The smallest absolute Gasteiger partial charge is 0.168 e. The van der Waals surface area contributed by atoms with Crippen molar-refractivity contribution in [3.05, 3.63) is 0 Å². The number of hydrogen-bond acceptors (Lipinski definition) is 3. The summed E-state index contributed by atoms with van der Waals surface area (Å²) in [6.45, 7) is 4.25. The quantitative estimate of drug-likeness (QED) is 0.681. The lowest BCUT2D eigenvalue weighted by Gasteiger charge is -2.54. The first-order valence-corrected chi connectivity index (χ1v) is 7.04. The third-order valence-corrected chi connectivity index (χ3v) is 5.74. The van der Waals surface area contributed by atoms with E-state index in [-0.39, 0.29) is 23.5 Å². The Hall–Kier alpha value is -0.120. The van der Waals surface area contributed by atoms with Crippen molar-refractivity contribution in [1.82, 2.24) is 0 Å². The molecule has 0 radical (unpaired) electrons. The molecule has 0 aromatic carbocycles. The van der Waals surface area contributed by atoms with Crippen LogP contribution >= 0.6 is 0 Å². The molecule has 3 rings (SSSR count). The molecule has 1 heterocycles. The molecular weight excluding hydrogens is 216 g/mol. The highest BCUT2D eigenvalue weighted by Gasteiger charge is 2.60. The lowest BCUT2D eigenvalue weighted by molar-refractivity contribution is -0.316. The van der Waals surface area contributed by atoms with Crippen LogP contribution in [-0.4, -0.2) is 28.2 Å². The SMILES string of the molecule is CC1CCC2C3CCC(O)C3(C)CCC2(O)O1.